The van der Waals surface area contributed by atoms with Crippen LogP contribution >= 0.6 is 11.6 Å². The molecule has 60 valence electrons. The molecule has 0 radical (unpaired) electrons. The Hall–Kier alpha value is -0.670. The first-order valence-electron chi connectivity index (χ1n) is 3.29. The quantitative estimate of drug-likeness (QED) is 0.645. The van der Waals surface area contributed by atoms with E-state index in [-0.39, 0.29) is 0 Å². The van der Waals surface area contributed by atoms with Gasteiger partial charge in [0.2, 0.25) is 0 Å². The molecule has 0 aliphatic rings. The van der Waals surface area contributed by atoms with Gasteiger partial charge in [0, 0.05) is 19.7 Å². The summed E-state index contributed by atoms with van der Waals surface area (Å²) in [5, 5.41) is 0.478. The zero-order chi connectivity index (χ0) is 8.10. The number of rotatable bonds is 3. The van der Waals surface area contributed by atoms with Crippen molar-refractivity contribution < 1.29 is 4.74 Å². The average molecular weight is 173 g/mol. The molecule has 4 heteroatoms. The summed E-state index contributed by atoms with van der Waals surface area (Å²) in [5.41, 5.74) is 0. The first kappa shape index (κ1) is 8.43. The average Bonchev–Trinajstić information content (AvgIpc) is 2.01. The molecule has 0 bridgehead atoms. The van der Waals surface area contributed by atoms with Crippen LogP contribution in [0.25, 0.3) is 0 Å². The molecule has 0 amide bonds. The molecule has 0 N–H and O–H groups in total. The monoisotopic (exact) mass is 172 g/mol. The predicted molar refractivity (Wildman–Crippen MR) is 42.6 cm³/mol. The molecular formula is C7H9ClN2O. The van der Waals surface area contributed by atoms with Crippen LogP contribution in [0, 0.1) is 0 Å². The standard InChI is InChI=1S/C7H9ClN2O/c1-11-5-3-7-9-4-2-6(8)10-7/h2,4H,3,5H2,1H3. The van der Waals surface area contributed by atoms with Crippen LogP contribution in [-0.2, 0) is 11.2 Å². The van der Waals surface area contributed by atoms with E-state index in [1.807, 2.05) is 0 Å². The highest BCUT2D eigenvalue weighted by atomic mass is 35.5. The van der Waals surface area contributed by atoms with Crippen molar-refractivity contribution in [2.24, 2.45) is 0 Å². The maximum absolute atomic E-state index is 5.63. The Balaban J connectivity index is 2.56. The summed E-state index contributed by atoms with van der Waals surface area (Å²) in [6.07, 6.45) is 2.34. The largest absolute Gasteiger partial charge is 0.384 e. The molecule has 1 aromatic heterocycles. The number of halogens is 1. The van der Waals surface area contributed by atoms with Gasteiger partial charge in [0.1, 0.15) is 11.0 Å². The summed E-state index contributed by atoms with van der Waals surface area (Å²) in [4.78, 5) is 7.99. The number of hydrogen-bond donors (Lipinski definition) is 0. The second-order valence-corrected chi connectivity index (χ2v) is 2.43. The van der Waals surface area contributed by atoms with Gasteiger partial charge in [-0.25, -0.2) is 9.97 Å². The van der Waals surface area contributed by atoms with Gasteiger partial charge in [-0.1, -0.05) is 11.6 Å². The fourth-order valence-corrected chi connectivity index (χ4v) is 0.842. The Morgan fingerprint density at radius 3 is 3.09 bits per heavy atom. The van der Waals surface area contributed by atoms with Crippen molar-refractivity contribution >= 4 is 11.6 Å². The SMILES string of the molecule is COCCc1nccc(Cl)n1. The highest BCUT2D eigenvalue weighted by Gasteiger charge is 1.95. The van der Waals surface area contributed by atoms with Gasteiger partial charge in [0.25, 0.3) is 0 Å². The lowest BCUT2D eigenvalue weighted by molar-refractivity contribution is 0.200. The van der Waals surface area contributed by atoms with Gasteiger partial charge in [-0.2, -0.15) is 0 Å². The molecular weight excluding hydrogens is 164 g/mol. The van der Waals surface area contributed by atoms with E-state index < -0.39 is 0 Å². The van der Waals surface area contributed by atoms with E-state index in [1.165, 1.54) is 0 Å². The van der Waals surface area contributed by atoms with Gasteiger partial charge in [-0.05, 0) is 6.07 Å². The minimum absolute atomic E-state index is 0.478. The fraction of sp³-hybridized carbons (Fsp3) is 0.429. The van der Waals surface area contributed by atoms with Gasteiger partial charge in [0.15, 0.2) is 0 Å². The third kappa shape index (κ3) is 2.82. The molecule has 0 saturated carbocycles. The summed E-state index contributed by atoms with van der Waals surface area (Å²) < 4.78 is 4.86. The predicted octanol–water partition coefficient (Wildman–Crippen LogP) is 1.32. The number of hydrogen-bond acceptors (Lipinski definition) is 3. The molecule has 0 aliphatic heterocycles. The van der Waals surface area contributed by atoms with E-state index in [1.54, 1.807) is 19.4 Å². The Morgan fingerprint density at radius 2 is 2.45 bits per heavy atom. The van der Waals surface area contributed by atoms with E-state index in [2.05, 4.69) is 9.97 Å². The van der Waals surface area contributed by atoms with Gasteiger partial charge >= 0.3 is 0 Å². The van der Waals surface area contributed by atoms with Crippen LogP contribution in [0.5, 0.6) is 0 Å². The Morgan fingerprint density at radius 1 is 1.64 bits per heavy atom. The van der Waals surface area contributed by atoms with Crippen molar-refractivity contribution in [3.8, 4) is 0 Å². The number of methoxy groups -OCH3 is 1. The van der Waals surface area contributed by atoms with Crippen molar-refractivity contribution in [2.75, 3.05) is 13.7 Å². The first-order valence-corrected chi connectivity index (χ1v) is 3.67. The molecule has 0 unspecified atom stereocenters. The molecule has 0 aromatic carbocycles. The highest BCUT2D eigenvalue weighted by Crippen LogP contribution is 2.02. The molecule has 3 nitrogen and oxygen atoms in total. The van der Waals surface area contributed by atoms with Crippen molar-refractivity contribution in [1.29, 1.82) is 0 Å². The molecule has 11 heavy (non-hydrogen) atoms. The second kappa shape index (κ2) is 4.26. The minimum Gasteiger partial charge on any atom is -0.384 e. The third-order valence-electron chi connectivity index (χ3n) is 1.20. The van der Waals surface area contributed by atoms with Gasteiger partial charge in [-0.15, -0.1) is 0 Å². The number of aromatic nitrogens is 2. The van der Waals surface area contributed by atoms with Crippen LogP contribution in [0.4, 0.5) is 0 Å². The first-order chi connectivity index (χ1) is 5.33. The summed E-state index contributed by atoms with van der Waals surface area (Å²) in [7, 11) is 1.64. The van der Waals surface area contributed by atoms with E-state index in [0.717, 1.165) is 5.82 Å². The van der Waals surface area contributed by atoms with E-state index in [4.69, 9.17) is 16.3 Å². The summed E-state index contributed by atoms with van der Waals surface area (Å²) in [6, 6.07) is 1.65. The van der Waals surface area contributed by atoms with E-state index >= 15 is 0 Å². The van der Waals surface area contributed by atoms with Crippen LogP contribution in [0.3, 0.4) is 0 Å². The molecule has 0 atom stereocenters. The molecule has 0 aliphatic carbocycles. The Labute approximate surface area is 70.4 Å². The highest BCUT2D eigenvalue weighted by molar-refractivity contribution is 6.29. The van der Waals surface area contributed by atoms with Gasteiger partial charge in [0.05, 0.1) is 6.61 Å². The lowest BCUT2D eigenvalue weighted by atomic mass is 10.4. The smallest absolute Gasteiger partial charge is 0.132 e. The van der Waals surface area contributed by atoms with Crippen LogP contribution in [0.1, 0.15) is 5.82 Å². The van der Waals surface area contributed by atoms with E-state index in [9.17, 15) is 0 Å². The van der Waals surface area contributed by atoms with Crippen LogP contribution in [-0.4, -0.2) is 23.7 Å². The molecule has 0 fully saturated rings. The lowest BCUT2D eigenvalue weighted by Crippen LogP contribution is -1.99. The lowest BCUT2D eigenvalue weighted by Gasteiger charge is -1.97. The molecule has 1 aromatic rings. The Kier molecular flexibility index (Phi) is 3.26. The number of nitrogens with zero attached hydrogens (tertiary/aromatic N) is 2. The van der Waals surface area contributed by atoms with Crippen LogP contribution in [0.2, 0.25) is 5.15 Å². The fourth-order valence-electron chi connectivity index (χ4n) is 0.688. The number of ether oxygens (including phenoxy) is 1. The topological polar surface area (TPSA) is 35.0 Å². The van der Waals surface area contributed by atoms with Crippen molar-refractivity contribution in [2.45, 2.75) is 6.42 Å². The van der Waals surface area contributed by atoms with Gasteiger partial charge in [-0.3, -0.25) is 0 Å². The zero-order valence-electron chi connectivity index (χ0n) is 6.25. The maximum Gasteiger partial charge on any atom is 0.132 e. The van der Waals surface area contributed by atoms with Crippen LogP contribution in [0.15, 0.2) is 12.3 Å². The van der Waals surface area contributed by atoms with Crippen molar-refractivity contribution in [3.05, 3.63) is 23.2 Å². The zero-order valence-corrected chi connectivity index (χ0v) is 7.01. The molecule has 1 heterocycles. The second-order valence-electron chi connectivity index (χ2n) is 2.04. The summed E-state index contributed by atoms with van der Waals surface area (Å²) in [6.45, 7) is 0.625. The van der Waals surface area contributed by atoms with E-state index in [0.29, 0.717) is 18.2 Å². The third-order valence-corrected chi connectivity index (χ3v) is 1.41. The minimum atomic E-state index is 0.478. The maximum atomic E-state index is 5.63. The molecule has 0 saturated heterocycles. The Bertz CT molecular complexity index is 229. The summed E-state index contributed by atoms with van der Waals surface area (Å²) in [5.74, 6) is 0.722. The van der Waals surface area contributed by atoms with Crippen molar-refractivity contribution in [3.63, 3.8) is 0 Å². The van der Waals surface area contributed by atoms with Crippen LogP contribution < -0.4 is 0 Å². The van der Waals surface area contributed by atoms with Gasteiger partial charge < -0.3 is 4.74 Å². The van der Waals surface area contributed by atoms with Crippen molar-refractivity contribution in [1.82, 2.24) is 9.97 Å². The summed E-state index contributed by atoms with van der Waals surface area (Å²) >= 11 is 5.63. The molecule has 0 spiro atoms. The molecule has 1 rings (SSSR count). The normalized spacial score (nSPS) is 10.0.